The number of aliphatic imine (C=N–C) groups is 1. The third-order valence-electron chi connectivity index (χ3n) is 5.44. The standard InChI is InChI=1S/C23H24N5O5P/c1-2-3-8-20-27-21-22(17-6-4-5-7-18(17)26-23(21)24)28(20)13-15-9-10-19(33-34(30,31)32)16(11-15)12-25-14-29/h4-7,9-11H,2-3,8,12-13H2,1H3,(H2,24,26)(H2,30,31,32). The number of carbonyl (C=O) groups excluding carboxylic acids is 1. The summed E-state index contributed by atoms with van der Waals surface area (Å²) < 4.78 is 18.2. The molecule has 0 saturated carbocycles. The molecule has 34 heavy (non-hydrogen) atoms. The number of phosphoric ester groups is 1. The van der Waals surface area contributed by atoms with E-state index in [0.717, 1.165) is 47.1 Å². The number of hydrogen-bond donors (Lipinski definition) is 3. The minimum atomic E-state index is -4.78. The smallest absolute Gasteiger partial charge is 0.404 e. The van der Waals surface area contributed by atoms with Crippen molar-refractivity contribution in [2.45, 2.75) is 39.3 Å². The molecule has 2 heterocycles. The van der Waals surface area contributed by atoms with Crippen LogP contribution in [0.4, 0.5) is 5.82 Å². The van der Waals surface area contributed by atoms with Gasteiger partial charge in [0.15, 0.2) is 5.82 Å². The number of unbranched alkanes of at least 4 members (excludes halogenated alkanes) is 1. The Labute approximate surface area is 195 Å². The fourth-order valence-electron chi connectivity index (χ4n) is 3.97. The fraction of sp³-hybridized carbons (Fsp3) is 0.261. The first-order valence-corrected chi connectivity index (χ1v) is 12.3. The second kappa shape index (κ2) is 9.75. The maximum Gasteiger partial charge on any atom is 0.524 e. The van der Waals surface area contributed by atoms with Crippen LogP contribution in [0.15, 0.2) is 47.5 Å². The zero-order valence-electron chi connectivity index (χ0n) is 18.5. The number of phosphoric acid groups is 1. The molecule has 0 aliphatic heterocycles. The SMILES string of the molecule is CCCCc1nc2c(N)nc3ccccc3c2n1Cc1ccc(OP(=O)(O)O)c(CN=C=O)c1. The number of benzene rings is 2. The Balaban J connectivity index is 1.86. The van der Waals surface area contributed by atoms with Crippen molar-refractivity contribution in [3.05, 3.63) is 59.4 Å². The van der Waals surface area contributed by atoms with Gasteiger partial charge >= 0.3 is 7.82 Å². The molecular formula is C23H24N5O5P. The number of nitrogens with two attached hydrogens (primary N) is 1. The number of rotatable bonds is 9. The van der Waals surface area contributed by atoms with Gasteiger partial charge in [0.2, 0.25) is 6.08 Å². The van der Waals surface area contributed by atoms with Crippen LogP contribution >= 0.6 is 7.82 Å². The van der Waals surface area contributed by atoms with E-state index in [1.54, 1.807) is 12.1 Å². The zero-order chi connectivity index (χ0) is 24.3. The summed E-state index contributed by atoms with van der Waals surface area (Å²) in [4.78, 5) is 41.9. The van der Waals surface area contributed by atoms with Crippen LogP contribution in [0.3, 0.4) is 0 Å². The van der Waals surface area contributed by atoms with Crippen LogP contribution < -0.4 is 10.3 Å². The third-order valence-corrected chi connectivity index (χ3v) is 5.87. The van der Waals surface area contributed by atoms with Crippen molar-refractivity contribution >= 4 is 41.7 Å². The minimum absolute atomic E-state index is 0.0447. The molecule has 10 nitrogen and oxygen atoms in total. The molecule has 0 fully saturated rings. The Hall–Kier alpha value is -3.55. The molecule has 0 aliphatic rings. The number of isocyanates is 1. The Morgan fingerprint density at radius 1 is 1.21 bits per heavy atom. The highest BCUT2D eigenvalue weighted by atomic mass is 31.2. The molecule has 0 aliphatic carbocycles. The Morgan fingerprint density at radius 2 is 2.00 bits per heavy atom. The largest absolute Gasteiger partial charge is 0.524 e. The normalized spacial score (nSPS) is 11.6. The van der Waals surface area contributed by atoms with E-state index in [-0.39, 0.29) is 12.3 Å². The summed E-state index contributed by atoms with van der Waals surface area (Å²) in [6.07, 6.45) is 4.14. The van der Waals surface area contributed by atoms with Gasteiger partial charge in [-0.2, -0.15) is 0 Å². The van der Waals surface area contributed by atoms with E-state index in [1.807, 2.05) is 24.3 Å². The lowest BCUT2D eigenvalue weighted by Gasteiger charge is -2.14. The molecule has 0 atom stereocenters. The highest BCUT2D eigenvalue weighted by Gasteiger charge is 2.20. The summed E-state index contributed by atoms with van der Waals surface area (Å²) in [5.41, 5.74) is 9.70. The summed E-state index contributed by atoms with van der Waals surface area (Å²) >= 11 is 0. The number of aromatic nitrogens is 3. The number of hydrogen-bond acceptors (Lipinski definition) is 7. The first kappa shape index (κ1) is 23.6. The van der Waals surface area contributed by atoms with Crippen molar-refractivity contribution in [3.63, 3.8) is 0 Å². The molecule has 11 heteroatoms. The van der Waals surface area contributed by atoms with Crippen molar-refractivity contribution in [2.75, 3.05) is 5.73 Å². The molecule has 2 aromatic heterocycles. The quantitative estimate of drug-likeness (QED) is 0.185. The topological polar surface area (TPSA) is 153 Å². The number of fused-ring (bicyclic) bond motifs is 3. The first-order valence-electron chi connectivity index (χ1n) is 10.7. The molecule has 4 aromatic rings. The lowest BCUT2D eigenvalue weighted by molar-refractivity contribution is 0.282. The predicted octanol–water partition coefficient (Wildman–Crippen LogP) is 3.86. The third kappa shape index (κ3) is 5.00. The van der Waals surface area contributed by atoms with Crippen LogP contribution in [-0.2, 0) is 28.9 Å². The van der Waals surface area contributed by atoms with Crippen molar-refractivity contribution in [1.82, 2.24) is 14.5 Å². The summed E-state index contributed by atoms with van der Waals surface area (Å²) in [6, 6.07) is 12.6. The molecular weight excluding hydrogens is 457 g/mol. The molecule has 2 aromatic carbocycles. The molecule has 0 spiro atoms. The molecule has 4 N–H and O–H groups in total. The minimum Gasteiger partial charge on any atom is -0.404 e. The lowest BCUT2D eigenvalue weighted by atomic mass is 10.1. The van der Waals surface area contributed by atoms with Crippen molar-refractivity contribution in [1.29, 1.82) is 0 Å². The maximum atomic E-state index is 11.3. The number of aryl methyl sites for hydroxylation is 1. The molecule has 0 amide bonds. The van der Waals surface area contributed by atoms with Crippen LogP contribution in [0, 0.1) is 0 Å². The number of anilines is 1. The van der Waals surface area contributed by atoms with E-state index in [2.05, 4.69) is 21.5 Å². The fourth-order valence-corrected chi connectivity index (χ4v) is 4.41. The highest BCUT2D eigenvalue weighted by molar-refractivity contribution is 7.46. The van der Waals surface area contributed by atoms with Crippen LogP contribution in [-0.4, -0.2) is 30.4 Å². The van der Waals surface area contributed by atoms with Crippen molar-refractivity contribution in [3.8, 4) is 5.75 Å². The van der Waals surface area contributed by atoms with E-state index >= 15 is 0 Å². The maximum absolute atomic E-state index is 11.3. The number of imidazole rings is 1. The molecule has 0 radical (unpaired) electrons. The van der Waals surface area contributed by atoms with Gasteiger partial charge in [-0.25, -0.2) is 24.3 Å². The Kier molecular flexibility index (Phi) is 6.77. The van der Waals surface area contributed by atoms with Gasteiger partial charge in [-0.1, -0.05) is 37.6 Å². The summed E-state index contributed by atoms with van der Waals surface area (Å²) in [6.45, 7) is 2.40. The monoisotopic (exact) mass is 481 g/mol. The Morgan fingerprint density at radius 3 is 2.74 bits per heavy atom. The average Bonchev–Trinajstić information content (AvgIpc) is 3.16. The van der Waals surface area contributed by atoms with Gasteiger partial charge < -0.3 is 14.8 Å². The van der Waals surface area contributed by atoms with Gasteiger partial charge in [0.05, 0.1) is 17.6 Å². The van der Waals surface area contributed by atoms with Gasteiger partial charge in [-0.3, -0.25) is 9.79 Å². The predicted molar refractivity (Wildman–Crippen MR) is 128 cm³/mol. The average molecular weight is 481 g/mol. The molecule has 0 saturated heterocycles. The van der Waals surface area contributed by atoms with Crippen LogP contribution in [0.25, 0.3) is 21.9 Å². The summed E-state index contributed by atoms with van der Waals surface area (Å²) in [7, 11) is -4.78. The van der Waals surface area contributed by atoms with Crippen molar-refractivity contribution < 1.29 is 23.7 Å². The van der Waals surface area contributed by atoms with Gasteiger partial charge in [0, 0.05) is 23.9 Å². The molecule has 176 valence electrons. The van der Waals surface area contributed by atoms with Gasteiger partial charge in [-0.05, 0) is 30.2 Å². The number of nitrogens with zero attached hydrogens (tertiary/aromatic N) is 4. The first-order chi connectivity index (χ1) is 16.3. The number of pyridine rings is 1. The zero-order valence-corrected chi connectivity index (χ0v) is 19.4. The van der Waals surface area contributed by atoms with Crippen LogP contribution in [0.1, 0.15) is 36.7 Å². The lowest BCUT2D eigenvalue weighted by Crippen LogP contribution is -2.07. The van der Waals surface area contributed by atoms with Gasteiger partial charge in [0.25, 0.3) is 0 Å². The van der Waals surface area contributed by atoms with E-state index in [0.29, 0.717) is 23.4 Å². The van der Waals surface area contributed by atoms with E-state index < -0.39 is 7.82 Å². The van der Waals surface area contributed by atoms with Gasteiger partial charge in [-0.15, -0.1) is 0 Å². The second-order valence-electron chi connectivity index (χ2n) is 7.86. The molecule has 0 bridgehead atoms. The van der Waals surface area contributed by atoms with Crippen LogP contribution in [0.5, 0.6) is 5.75 Å². The van der Waals surface area contributed by atoms with E-state index in [4.69, 9.17) is 15.2 Å². The van der Waals surface area contributed by atoms with E-state index in [1.165, 1.54) is 12.1 Å². The summed E-state index contributed by atoms with van der Waals surface area (Å²) in [5, 5.41) is 0.925. The highest BCUT2D eigenvalue weighted by Crippen LogP contribution is 2.40. The number of para-hydroxylation sites is 1. The van der Waals surface area contributed by atoms with Crippen molar-refractivity contribution in [2.24, 2.45) is 4.99 Å². The summed E-state index contributed by atoms with van der Waals surface area (Å²) in [5.74, 6) is 1.18. The molecule has 0 unspecified atom stereocenters. The second-order valence-corrected chi connectivity index (χ2v) is 9.02. The van der Waals surface area contributed by atoms with Gasteiger partial charge in [0.1, 0.15) is 17.1 Å². The van der Waals surface area contributed by atoms with E-state index in [9.17, 15) is 19.1 Å². The number of nitrogen functional groups attached to an aromatic ring is 1. The Bertz CT molecular complexity index is 1460. The molecule has 4 rings (SSSR count). The van der Waals surface area contributed by atoms with Crippen LogP contribution in [0.2, 0.25) is 0 Å².